The first-order valence-corrected chi connectivity index (χ1v) is 5.05. The van der Waals surface area contributed by atoms with Gasteiger partial charge >= 0.3 is 0 Å². The third-order valence-electron chi connectivity index (χ3n) is 2.31. The van der Waals surface area contributed by atoms with Crippen molar-refractivity contribution in [3.63, 3.8) is 0 Å². The van der Waals surface area contributed by atoms with E-state index in [9.17, 15) is 4.79 Å². The van der Waals surface area contributed by atoms with Crippen LogP contribution in [0, 0.1) is 23.2 Å². The molecule has 0 spiro atoms. The second kappa shape index (κ2) is 4.86. The minimum atomic E-state index is 0.296. The zero-order valence-electron chi connectivity index (χ0n) is 9.29. The molecule has 1 aromatic heterocycles. The fraction of sp³-hybridized carbons (Fsp3) is 0. The van der Waals surface area contributed by atoms with Crippen LogP contribution in [0.2, 0.25) is 0 Å². The van der Waals surface area contributed by atoms with Crippen LogP contribution in [0.3, 0.4) is 0 Å². The highest BCUT2D eigenvalue weighted by atomic mass is 16.1. The number of aldehydes is 1. The van der Waals surface area contributed by atoms with E-state index in [0.29, 0.717) is 17.7 Å². The van der Waals surface area contributed by atoms with Crippen LogP contribution >= 0.6 is 0 Å². The number of nitrogens with two attached hydrogens (primary N) is 1. The fourth-order valence-corrected chi connectivity index (χ4v) is 1.45. The van der Waals surface area contributed by atoms with Crippen LogP contribution in [0.25, 0.3) is 5.69 Å². The average molecular weight is 236 g/mol. The molecule has 0 aliphatic rings. The highest BCUT2D eigenvalue weighted by molar-refractivity contribution is 5.74. The Kier molecular flexibility index (Phi) is 3.08. The molecule has 2 rings (SSSR count). The number of carbonyl (C=O) groups excluding carboxylic acids is 1. The van der Waals surface area contributed by atoms with Gasteiger partial charge in [-0.15, -0.1) is 0 Å². The molecular formula is C13H8N4O. The number of benzene rings is 1. The molecule has 0 amide bonds. The molecule has 0 unspecified atom stereocenters. The van der Waals surface area contributed by atoms with Gasteiger partial charge in [0.05, 0.1) is 11.9 Å². The van der Waals surface area contributed by atoms with Gasteiger partial charge in [-0.2, -0.15) is 10.4 Å². The Balaban J connectivity index is 2.38. The Morgan fingerprint density at radius 1 is 1.33 bits per heavy atom. The monoisotopic (exact) mass is 236 g/mol. The molecule has 0 aliphatic heterocycles. The lowest BCUT2D eigenvalue weighted by atomic mass is 10.2. The van der Waals surface area contributed by atoms with Crippen LogP contribution in [0.15, 0.2) is 30.5 Å². The van der Waals surface area contributed by atoms with Crippen molar-refractivity contribution in [2.75, 3.05) is 5.73 Å². The number of aromatic nitrogens is 2. The third kappa shape index (κ3) is 2.06. The summed E-state index contributed by atoms with van der Waals surface area (Å²) in [7, 11) is 0. The van der Waals surface area contributed by atoms with Gasteiger partial charge in [0, 0.05) is 5.56 Å². The zero-order valence-corrected chi connectivity index (χ0v) is 9.29. The minimum Gasteiger partial charge on any atom is -0.382 e. The van der Waals surface area contributed by atoms with Crippen molar-refractivity contribution in [1.82, 2.24) is 9.78 Å². The van der Waals surface area contributed by atoms with Crippen molar-refractivity contribution in [2.45, 2.75) is 0 Å². The number of rotatable bonds is 1. The van der Waals surface area contributed by atoms with E-state index in [-0.39, 0.29) is 0 Å². The largest absolute Gasteiger partial charge is 0.382 e. The van der Waals surface area contributed by atoms with E-state index in [1.165, 1.54) is 10.9 Å². The summed E-state index contributed by atoms with van der Waals surface area (Å²) in [6.45, 7) is 0. The van der Waals surface area contributed by atoms with E-state index >= 15 is 0 Å². The molecule has 5 nitrogen and oxygen atoms in total. The average Bonchev–Trinajstić information content (AvgIpc) is 2.78. The molecule has 0 atom stereocenters. The zero-order chi connectivity index (χ0) is 13.0. The number of anilines is 1. The summed E-state index contributed by atoms with van der Waals surface area (Å²) < 4.78 is 1.47. The van der Waals surface area contributed by atoms with Crippen LogP contribution in [0.4, 0.5) is 5.82 Å². The normalized spacial score (nSPS) is 9.06. The molecular weight excluding hydrogens is 228 g/mol. The lowest BCUT2D eigenvalue weighted by Crippen LogP contribution is -2.02. The Hall–Kier alpha value is -3.05. The molecule has 1 aromatic carbocycles. The minimum absolute atomic E-state index is 0.296. The van der Waals surface area contributed by atoms with Crippen LogP contribution in [0.1, 0.15) is 11.1 Å². The van der Waals surface area contributed by atoms with Crippen molar-refractivity contribution in [3.05, 3.63) is 41.6 Å². The fourth-order valence-electron chi connectivity index (χ4n) is 1.45. The second-order valence-electron chi connectivity index (χ2n) is 3.40. The van der Waals surface area contributed by atoms with Crippen molar-refractivity contribution in [2.24, 2.45) is 0 Å². The van der Waals surface area contributed by atoms with Gasteiger partial charge in [-0.3, -0.25) is 4.79 Å². The lowest BCUT2D eigenvalue weighted by Gasteiger charge is -2.03. The number of carbonyl (C=O) groups is 1. The lowest BCUT2D eigenvalue weighted by molar-refractivity contribution is -0.103. The first-order chi connectivity index (χ1) is 8.76. The van der Waals surface area contributed by atoms with Gasteiger partial charge in [-0.25, -0.2) is 4.68 Å². The standard InChI is InChI=1S/C13H8N4O/c14-8-11-9-16-17(13(11)15)12-5-3-10(4-6-12)2-1-7-18/h3-7,9H,15H2. The molecule has 86 valence electrons. The molecule has 18 heavy (non-hydrogen) atoms. The molecule has 0 bridgehead atoms. The molecule has 0 saturated heterocycles. The summed E-state index contributed by atoms with van der Waals surface area (Å²) in [4.78, 5) is 10.1. The van der Waals surface area contributed by atoms with Gasteiger partial charge in [0.15, 0.2) is 6.29 Å². The van der Waals surface area contributed by atoms with Crippen LogP contribution in [-0.4, -0.2) is 16.1 Å². The Labute approximate surface area is 103 Å². The van der Waals surface area contributed by atoms with E-state index < -0.39 is 0 Å². The number of nitriles is 1. The molecule has 2 aromatic rings. The Morgan fingerprint density at radius 3 is 2.61 bits per heavy atom. The SMILES string of the molecule is N#Cc1cnn(-c2ccc(C#CC=O)cc2)c1N. The second-order valence-corrected chi connectivity index (χ2v) is 3.40. The number of hydrogen-bond donors (Lipinski definition) is 1. The molecule has 1 heterocycles. The van der Waals surface area contributed by atoms with Crippen LogP contribution in [0.5, 0.6) is 0 Å². The summed E-state index contributed by atoms with van der Waals surface area (Å²) in [5, 5.41) is 12.8. The van der Waals surface area contributed by atoms with Crippen molar-refractivity contribution >= 4 is 12.1 Å². The Bertz CT molecular complexity index is 681. The molecule has 0 saturated carbocycles. The molecule has 2 N–H and O–H groups in total. The molecule has 0 aliphatic carbocycles. The van der Waals surface area contributed by atoms with Crippen molar-refractivity contribution in [3.8, 4) is 23.6 Å². The summed E-state index contributed by atoms with van der Waals surface area (Å²) in [6, 6.07) is 8.98. The van der Waals surface area contributed by atoms with E-state index in [0.717, 1.165) is 11.3 Å². The van der Waals surface area contributed by atoms with Gasteiger partial charge in [0.2, 0.25) is 0 Å². The van der Waals surface area contributed by atoms with Gasteiger partial charge in [-0.1, -0.05) is 5.92 Å². The van der Waals surface area contributed by atoms with Crippen molar-refractivity contribution < 1.29 is 4.79 Å². The quantitative estimate of drug-likeness (QED) is 0.588. The van der Waals surface area contributed by atoms with E-state index in [4.69, 9.17) is 11.0 Å². The maximum atomic E-state index is 10.1. The van der Waals surface area contributed by atoms with E-state index in [2.05, 4.69) is 16.9 Å². The summed E-state index contributed by atoms with van der Waals surface area (Å²) in [6.07, 6.45) is 1.95. The predicted molar refractivity (Wildman–Crippen MR) is 65.6 cm³/mol. The molecule has 0 fully saturated rings. The maximum Gasteiger partial charge on any atom is 0.193 e. The van der Waals surface area contributed by atoms with Gasteiger partial charge in [0.25, 0.3) is 0 Å². The first kappa shape index (κ1) is 11.4. The van der Waals surface area contributed by atoms with Crippen molar-refractivity contribution in [1.29, 1.82) is 5.26 Å². The van der Waals surface area contributed by atoms with Crippen LogP contribution < -0.4 is 5.73 Å². The van der Waals surface area contributed by atoms with Gasteiger partial charge in [-0.05, 0) is 30.2 Å². The number of hydrogen-bond acceptors (Lipinski definition) is 4. The first-order valence-electron chi connectivity index (χ1n) is 5.05. The Morgan fingerprint density at radius 2 is 2.06 bits per heavy atom. The third-order valence-corrected chi connectivity index (χ3v) is 2.31. The maximum absolute atomic E-state index is 10.1. The smallest absolute Gasteiger partial charge is 0.193 e. The number of nitrogen functional groups attached to an aromatic ring is 1. The summed E-state index contributed by atoms with van der Waals surface area (Å²) in [5.41, 5.74) is 7.55. The summed E-state index contributed by atoms with van der Waals surface area (Å²) in [5.74, 6) is 5.30. The van der Waals surface area contributed by atoms with Gasteiger partial charge < -0.3 is 5.73 Å². The molecule has 5 heteroatoms. The highest BCUT2D eigenvalue weighted by Gasteiger charge is 2.07. The van der Waals surface area contributed by atoms with E-state index in [1.54, 1.807) is 24.3 Å². The highest BCUT2D eigenvalue weighted by Crippen LogP contribution is 2.16. The summed E-state index contributed by atoms with van der Waals surface area (Å²) >= 11 is 0. The van der Waals surface area contributed by atoms with Gasteiger partial charge in [0.1, 0.15) is 17.5 Å². The predicted octanol–water partition coefficient (Wildman–Crippen LogP) is 0.877. The topological polar surface area (TPSA) is 84.7 Å². The van der Waals surface area contributed by atoms with Crippen LogP contribution in [-0.2, 0) is 4.79 Å². The molecule has 0 radical (unpaired) electrons. The number of nitrogens with zero attached hydrogens (tertiary/aromatic N) is 3. The van der Waals surface area contributed by atoms with E-state index in [1.807, 2.05) is 6.07 Å².